The Labute approximate surface area is 111 Å². The van der Waals surface area contributed by atoms with Crippen molar-refractivity contribution in [3.8, 4) is 0 Å². The van der Waals surface area contributed by atoms with Crippen molar-refractivity contribution in [3.05, 3.63) is 24.1 Å². The summed E-state index contributed by atoms with van der Waals surface area (Å²) in [6.45, 7) is 2.57. The molecule has 0 unspecified atom stereocenters. The van der Waals surface area contributed by atoms with E-state index < -0.39 is 10.0 Å². The van der Waals surface area contributed by atoms with Crippen molar-refractivity contribution in [1.29, 1.82) is 0 Å². The molecule has 6 nitrogen and oxygen atoms in total. The van der Waals surface area contributed by atoms with Gasteiger partial charge < -0.3 is 9.15 Å². The second-order valence-corrected chi connectivity index (χ2v) is 5.87. The maximum atomic E-state index is 12.0. The number of nitrogens with zero attached hydrogens (tertiary/aromatic N) is 1. The average molecular weight is 284 g/mol. The number of rotatable bonds is 6. The number of hydrogen-bond acceptors (Lipinski definition) is 5. The van der Waals surface area contributed by atoms with Crippen LogP contribution in [0.2, 0.25) is 0 Å². The molecule has 0 fully saturated rings. The van der Waals surface area contributed by atoms with Crippen molar-refractivity contribution < 1.29 is 17.6 Å². The summed E-state index contributed by atoms with van der Waals surface area (Å²) in [5.41, 5.74) is 1.12. The van der Waals surface area contributed by atoms with E-state index in [1.54, 1.807) is 20.1 Å². The van der Waals surface area contributed by atoms with Crippen LogP contribution >= 0.6 is 0 Å². The van der Waals surface area contributed by atoms with Crippen LogP contribution in [0.1, 0.15) is 12.3 Å². The van der Waals surface area contributed by atoms with Gasteiger partial charge in [-0.1, -0.05) is 0 Å². The summed E-state index contributed by atoms with van der Waals surface area (Å²) in [4.78, 5) is 4.30. The van der Waals surface area contributed by atoms with Crippen LogP contribution in [0, 0.1) is 6.92 Å². The summed E-state index contributed by atoms with van der Waals surface area (Å²) < 4.78 is 36.8. The maximum Gasteiger partial charge on any atom is 0.240 e. The molecule has 0 spiro atoms. The van der Waals surface area contributed by atoms with Gasteiger partial charge in [-0.25, -0.2) is 18.1 Å². The molecule has 0 aliphatic rings. The van der Waals surface area contributed by atoms with Crippen LogP contribution in [-0.2, 0) is 14.8 Å². The largest absolute Gasteiger partial charge is 0.441 e. The highest BCUT2D eigenvalue weighted by Gasteiger charge is 2.15. The fourth-order valence-electron chi connectivity index (χ4n) is 1.69. The molecule has 1 N–H and O–H groups in total. The van der Waals surface area contributed by atoms with Gasteiger partial charge in [0.1, 0.15) is 5.52 Å². The number of aromatic nitrogens is 1. The van der Waals surface area contributed by atoms with Crippen molar-refractivity contribution >= 4 is 21.1 Å². The van der Waals surface area contributed by atoms with Crippen molar-refractivity contribution in [3.63, 3.8) is 0 Å². The van der Waals surface area contributed by atoms with Crippen LogP contribution in [0.25, 0.3) is 11.1 Å². The van der Waals surface area contributed by atoms with Crippen LogP contribution < -0.4 is 4.72 Å². The second-order valence-electron chi connectivity index (χ2n) is 4.11. The number of oxazole rings is 1. The molecule has 19 heavy (non-hydrogen) atoms. The van der Waals surface area contributed by atoms with Gasteiger partial charge >= 0.3 is 0 Å². The molecule has 2 rings (SSSR count). The van der Waals surface area contributed by atoms with Gasteiger partial charge in [0.05, 0.1) is 4.90 Å². The molecule has 1 aromatic heterocycles. The SMILES string of the molecule is COCCCNS(=O)(=O)c1ccc2nc(C)oc2c1. The third-order valence-electron chi connectivity index (χ3n) is 2.59. The molecule has 1 aromatic carbocycles. The summed E-state index contributed by atoms with van der Waals surface area (Å²) in [5.74, 6) is 0.512. The number of hydrogen-bond donors (Lipinski definition) is 1. The fourth-order valence-corrected chi connectivity index (χ4v) is 2.78. The number of fused-ring (bicyclic) bond motifs is 1. The zero-order chi connectivity index (χ0) is 13.9. The Morgan fingerprint density at radius 2 is 2.21 bits per heavy atom. The first kappa shape index (κ1) is 14.0. The number of aryl methyl sites for hydroxylation is 1. The van der Waals surface area contributed by atoms with E-state index in [0.717, 1.165) is 0 Å². The third kappa shape index (κ3) is 3.31. The zero-order valence-electron chi connectivity index (χ0n) is 10.8. The Bertz CT molecular complexity index is 663. The third-order valence-corrected chi connectivity index (χ3v) is 4.05. The quantitative estimate of drug-likeness (QED) is 0.812. The summed E-state index contributed by atoms with van der Waals surface area (Å²) >= 11 is 0. The molecule has 104 valence electrons. The Hall–Kier alpha value is -1.44. The molecule has 1 heterocycles. The molecule has 7 heteroatoms. The molecule has 0 aliphatic carbocycles. The summed E-state index contributed by atoms with van der Waals surface area (Å²) in [6, 6.07) is 4.63. The first-order valence-corrected chi connectivity index (χ1v) is 7.37. The smallest absolute Gasteiger partial charge is 0.240 e. The summed E-state index contributed by atoms with van der Waals surface area (Å²) in [5, 5.41) is 0. The van der Waals surface area contributed by atoms with Crippen LogP contribution in [0.4, 0.5) is 0 Å². The standard InChI is InChI=1S/C12H16N2O4S/c1-9-14-11-5-4-10(8-12(11)18-9)19(15,16)13-6-3-7-17-2/h4-5,8,13H,3,6-7H2,1-2H3. The first-order valence-electron chi connectivity index (χ1n) is 5.89. The number of methoxy groups -OCH3 is 1. The van der Waals surface area contributed by atoms with Crippen LogP contribution in [0.5, 0.6) is 0 Å². The zero-order valence-corrected chi connectivity index (χ0v) is 11.7. The van der Waals surface area contributed by atoms with Gasteiger partial charge in [0.15, 0.2) is 11.5 Å². The maximum absolute atomic E-state index is 12.0. The molecule has 2 aromatic rings. The molecular formula is C12H16N2O4S. The minimum atomic E-state index is -3.52. The van der Waals surface area contributed by atoms with E-state index in [4.69, 9.17) is 9.15 Å². The Morgan fingerprint density at radius 3 is 2.95 bits per heavy atom. The van der Waals surface area contributed by atoms with Crippen molar-refractivity contribution in [1.82, 2.24) is 9.71 Å². The number of benzene rings is 1. The van der Waals surface area contributed by atoms with Gasteiger partial charge in [-0.15, -0.1) is 0 Å². The summed E-state index contributed by atoms with van der Waals surface area (Å²) in [7, 11) is -1.94. The van der Waals surface area contributed by atoms with Gasteiger partial charge in [-0.2, -0.15) is 0 Å². The highest BCUT2D eigenvalue weighted by molar-refractivity contribution is 7.89. The van der Waals surface area contributed by atoms with E-state index in [9.17, 15) is 8.42 Å². The topological polar surface area (TPSA) is 81.4 Å². The Kier molecular flexibility index (Phi) is 4.18. The van der Waals surface area contributed by atoms with Crippen molar-refractivity contribution in [2.45, 2.75) is 18.2 Å². The molecule has 0 amide bonds. The van der Waals surface area contributed by atoms with E-state index in [1.165, 1.54) is 12.1 Å². The van der Waals surface area contributed by atoms with E-state index in [2.05, 4.69) is 9.71 Å². The molecular weight excluding hydrogens is 268 g/mol. The highest BCUT2D eigenvalue weighted by Crippen LogP contribution is 2.19. The highest BCUT2D eigenvalue weighted by atomic mass is 32.2. The Balaban J connectivity index is 2.17. The van der Waals surface area contributed by atoms with Crippen LogP contribution in [0.15, 0.2) is 27.5 Å². The molecule has 0 radical (unpaired) electrons. The second kappa shape index (κ2) is 5.68. The molecule has 0 atom stereocenters. The number of sulfonamides is 1. The number of nitrogens with one attached hydrogen (secondary N) is 1. The predicted molar refractivity (Wildman–Crippen MR) is 70.4 cm³/mol. The predicted octanol–water partition coefficient (Wildman–Crippen LogP) is 1.45. The lowest BCUT2D eigenvalue weighted by Crippen LogP contribution is -2.25. The fraction of sp³-hybridized carbons (Fsp3) is 0.417. The minimum Gasteiger partial charge on any atom is -0.441 e. The summed E-state index contributed by atoms with van der Waals surface area (Å²) in [6.07, 6.45) is 0.624. The number of ether oxygens (including phenoxy) is 1. The van der Waals surface area contributed by atoms with Crippen LogP contribution in [-0.4, -0.2) is 33.7 Å². The van der Waals surface area contributed by atoms with Gasteiger partial charge in [-0.05, 0) is 18.6 Å². The minimum absolute atomic E-state index is 0.175. The monoisotopic (exact) mass is 284 g/mol. The van der Waals surface area contributed by atoms with Gasteiger partial charge in [0.2, 0.25) is 10.0 Å². The van der Waals surface area contributed by atoms with Gasteiger partial charge in [0.25, 0.3) is 0 Å². The van der Waals surface area contributed by atoms with Gasteiger partial charge in [-0.3, -0.25) is 0 Å². The van der Waals surface area contributed by atoms with Gasteiger partial charge in [0, 0.05) is 33.3 Å². The lowest BCUT2D eigenvalue weighted by Gasteiger charge is -2.06. The lowest BCUT2D eigenvalue weighted by molar-refractivity contribution is 0.196. The van der Waals surface area contributed by atoms with E-state index >= 15 is 0 Å². The molecule has 0 saturated carbocycles. The first-order chi connectivity index (χ1) is 9.03. The normalized spacial score (nSPS) is 12.1. The lowest BCUT2D eigenvalue weighted by atomic mass is 10.3. The molecule has 0 bridgehead atoms. The molecule has 0 aliphatic heterocycles. The average Bonchev–Trinajstić information content (AvgIpc) is 2.73. The Morgan fingerprint density at radius 1 is 1.42 bits per heavy atom. The van der Waals surface area contributed by atoms with E-state index in [-0.39, 0.29) is 4.90 Å². The van der Waals surface area contributed by atoms with E-state index in [0.29, 0.717) is 36.6 Å². The van der Waals surface area contributed by atoms with Crippen molar-refractivity contribution in [2.75, 3.05) is 20.3 Å². The van der Waals surface area contributed by atoms with Crippen LogP contribution in [0.3, 0.4) is 0 Å². The van der Waals surface area contributed by atoms with Crippen molar-refractivity contribution in [2.24, 2.45) is 0 Å². The molecule has 0 saturated heterocycles. The van der Waals surface area contributed by atoms with E-state index in [1.807, 2.05) is 0 Å².